The zero-order valence-electron chi connectivity index (χ0n) is 11.3. The predicted molar refractivity (Wildman–Crippen MR) is 80.5 cm³/mol. The number of nitrogens with two attached hydrogens (primary N) is 1. The van der Waals surface area contributed by atoms with Gasteiger partial charge in [0.25, 0.3) is 0 Å². The lowest BCUT2D eigenvalue weighted by Gasteiger charge is -2.31. The molecule has 2 N–H and O–H groups in total. The minimum atomic E-state index is -0.595. The van der Waals surface area contributed by atoms with Crippen molar-refractivity contribution in [2.75, 3.05) is 11.4 Å². The smallest absolute Gasteiger partial charge is 0.248 e. The number of anilines is 1. The molecule has 1 amide bonds. The van der Waals surface area contributed by atoms with Crippen molar-refractivity contribution >= 4 is 11.6 Å². The molecule has 0 fully saturated rings. The quantitative estimate of drug-likeness (QED) is 0.908. The lowest BCUT2D eigenvalue weighted by molar-refractivity contribution is -0.120. The van der Waals surface area contributed by atoms with E-state index in [4.69, 9.17) is 5.73 Å². The van der Waals surface area contributed by atoms with Gasteiger partial charge in [-0.2, -0.15) is 0 Å². The van der Waals surface area contributed by atoms with Crippen LogP contribution in [0, 0.1) is 0 Å². The van der Waals surface area contributed by atoms with Crippen LogP contribution >= 0.6 is 0 Å². The molecule has 0 saturated heterocycles. The van der Waals surface area contributed by atoms with Crippen molar-refractivity contribution in [2.45, 2.75) is 18.9 Å². The van der Waals surface area contributed by atoms with Gasteiger partial charge in [0.05, 0.1) is 0 Å². The number of hydrogen-bond acceptors (Lipinski definition) is 2. The van der Waals surface area contributed by atoms with Gasteiger partial charge in [-0.15, -0.1) is 0 Å². The molecule has 20 heavy (non-hydrogen) atoms. The van der Waals surface area contributed by atoms with Crippen LogP contribution in [0.25, 0.3) is 0 Å². The molecule has 0 radical (unpaired) electrons. The first-order valence-corrected chi connectivity index (χ1v) is 6.97. The van der Waals surface area contributed by atoms with E-state index in [2.05, 4.69) is 6.07 Å². The molecule has 1 heterocycles. The maximum Gasteiger partial charge on any atom is 0.248 e. The third-order valence-electron chi connectivity index (χ3n) is 3.80. The van der Waals surface area contributed by atoms with Crippen LogP contribution in [0.5, 0.6) is 0 Å². The molecule has 1 aliphatic heterocycles. The van der Waals surface area contributed by atoms with Crippen LogP contribution in [0.4, 0.5) is 5.69 Å². The van der Waals surface area contributed by atoms with E-state index in [1.807, 2.05) is 53.4 Å². The average Bonchev–Trinajstić information content (AvgIpc) is 2.54. The van der Waals surface area contributed by atoms with Crippen molar-refractivity contribution in [3.05, 3.63) is 65.7 Å². The molecule has 2 aromatic carbocycles. The van der Waals surface area contributed by atoms with Gasteiger partial charge >= 0.3 is 0 Å². The first-order valence-electron chi connectivity index (χ1n) is 6.97. The summed E-state index contributed by atoms with van der Waals surface area (Å²) in [5, 5.41) is 0. The predicted octanol–water partition coefficient (Wildman–Crippen LogP) is 2.67. The van der Waals surface area contributed by atoms with Gasteiger partial charge < -0.3 is 10.6 Å². The SMILES string of the molecule is NC(C(=O)N1CCCc2ccccc21)c1ccccc1. The maximum atomic E-state index is 12.7. The first-order chi connectivity index (χ1) is 9.77. The largest absolute Gasteiger partial charge is 0.316 e. The van der Waals surface area contributed by atoms with Gasteiger partial charge in [0.1, 0.15) is 6.04 Å². The summed E-state index contributed by atoms with van der Waals surface area (Å²) >= 11 is 0. The van der Waals surface area contributed by atoms with Gasteiger partial charge in [0, 0.05) is 12.2 Å². The molecule has 1 unspecified atom stereocenters. The van der Waals surface area contributed by atoms with Crippen LogP contribution in [0.15, 0.2) is 54.6 Å². The summed E-state index contributed by atoms with van der Waals surface area (Å²) in [5.74, 6) is -0.0247. The van der Waals surface area contributed by atoms with Crippen molar-refractivity contribution in [1.82, 2.24) is 0 Å². The summed E-state index contributed by atoms with van der Waals surface area (Å²) in [5.41, 5.74) is 9.24. The Morgan fingerprint density at radius 3 is 2.55 bits per heavy atom. The Balaban J connectivity index is 1.89. The highest BCUT2D eigenvalue weighted by Gasteiger charge is 2.27. The summed E-state index contributed by atoms with van der Waals surface area (Å²) < 4.78 is 0. The number of carbonyl (C=O) groups is 1. The standard InChI is InChI=1S/C17H18N2O/c18-16(14-8-2-1-3-9-14)17(20)19-12-6-10-13-7-4-5-11-15(13)19/h1-5,7-9,11,16H,6,10,12,18H2. The van der Waals surface area contributed by atoms with Crippen LogP contribution in [0.3, 0.4) is 0 Å². The molecule has 3 nitrogen and oxygen atoms in total. The summed E-state index contributed by atoms with van der Waals surface area (Å²) in [6.07, 6.45) is 2.02. The second-order valence-electron chi connectivity index (χ2n) is 5.11. The van der Waals surface area contributed by atoms with Crippen LogP contribution in [-0.2, 0) is 11.2 Å². The van der Waals surface area contributed by atoms with Gasteiger partial charge in [-0.25, -0.2) is 0 Å². The number of nitrogens with zero attached hydrogens (tertiary/aromatic N) is 1. The molecule has 3 heteroatoms. The molecule has 0 aliphatic carbocycles. The van der Waals surface area contributed by atoms with E-state index in [-0.39, 0.29) is 5.91 Å². The van der Waals surface area contributed by atoms with Crippen LogP contribution in [-0.4, -0.2) is 12.5 Å². The van der Waals surface area contributed by atoms with E-state index in [0.29, 0.717) is 0 Å². The monoisotopic (exact) mass is 266 g/mol. The van der Waals surface area contributed by atoms with Crippen molar-refractivity contribution in [3.63, 3.8) is 0 Å². The highest BCUT2D eigenvalue weighted by Crippen LogP contribution is 2.28. The van der Waals surface area contributed by atoms with Crippen molar-refractivity contribution in [1.29, 1.82) is 0 Å². The summed E-state index contributed by atoms with van der Waals surface area (Å²) in [6.45, 7) is 0.746. The molecule has 2 aromatic rings. The normalized spacial score (nSPS) is 15.6. The Morgan fingerprint density at radius 1 is 1.05 bits per heavy atom. The third kappa shape index (κ3) is 2.32. The van der Waals surface area contributed by atoms with Crippen molar-refractivity contribution < 1.29 is 4.79 Å². The molecule has 3 rings (SSSR count). The second kappa shape index (κ2) is 5.47. The molecular formula is C17H18N2O. The van der Waals surface area contributed by atoms with Gasteiger partial charge in [0.15, 0.2) is 0 Å². The lowest BCUT2D eigenvalue weighted by Crippen LogP contribution is -2.41. The number of aryl methyl sites for hydroxylation is 1. The van der Waals surface area contributed by atoms with E-state index in [1.54, 1.807) is 0 Å². The van der Waals surface area contributed by atoms with Crippen LogP contribution < -0.4 is 10.6 Å². The Labute approximate surface area is 119 Å². The molecular weight excluding hydrogens is 248 g/mol. The zero-order valence-corrected chi connectivity index (χ0v) is 11.3. The summed E-state index contributed by atoms with van der Waals surface area (Å²) in [7, 11) is 0. The van der Waals surface area contributed by atoms with Gasteiger partial charge in [0.2, 0.25) is 5.91 Å². The molecule has 0 saturated carbocycles. The highest BCUT2D eigenvalue weighted by molar-refractivity contribution is 5.98. The topological polar surface area (TPSA) is 46.3 Å². The van der Waals surface area contributed by atoms with E-state index < -0.39 is 6.04 Å². The fourth-order valence-corrected chi connectivity index (χ4v) is 2.73. The lowest BCUT2D eigenvalue weighted by atomic mass is 9.99. The number of amides is 1. The van der Waals surface area contributed by atoms with Crippen molar-refractivity contribution in [2.24, 2.45) is 5.73 Å². The van der Waals surface area contributed by atoms with Gasteiger partial charge in [-0.3, -0.25) is 4.79 Å². The minimum Gasteiger partial charge on any atom is -0.316 e. The average molecular weight is 266 g/mol. The van der Waals surface area contributed by atoms with E-state index in [1.165, 1.54) is 5.56 Å². The molecule has 1 aliphatic rings. The number of fused-ring (bicyclic) bond motifs is 1. The van der Waals surface area contributed by atoms with Crippen molar-refractivity contribution in [3.8, 4) is 0 Å². The Morgan fingerprint density at radius 2 is 1.75 bits per heavy atom. The van der Waals surface area contributed by atoms with E-state index >= 15 is 0 Å². The maximum absolute atomic E-state index is 12.7. The molecule has 0 spiro atoms. The van der Waals surface area contributed by atoms with Gasteiger partial charge in [-0.05, 0) is 30.0 Å². The molecule has 0 bridgehead atoms. The highest BCUT2D eigenvalue weighted by atomic mass is 16.2. The molecule has 0 aromatic heterocycles. The Kier molecular flexibility index (Phi) is 3.52. The number of benzene rings is 2. The van der Waals surface area contributed by atoms with E-state index in [9.17, 15) is 4.79 Å². The van der Waals surface area contributed by atoms with Crippen LogP contribution in [0.1, 0.15) is 23.6 Å². The minimum absolute atomic E-state index is 0.0247. The summed E-state index contributed by atoms with van der Waals surface area (Å²) in [6, 6.07) is 17.0. The second-order valence-corrected chi connectivity index (χ2v) is 5.11. The fourth-order valence-electron chi connectivity index (χ4n) is 2.73. The molecule has 1 atom stereocenters. The summed E-state index contributed by atoms with van der Waals surface area (Å²) in [4.78, 5) is 14.5. The van der Waals surface area contributed by atoms with Crippen LogP contribution in [0.2, 0.25) is 0 Å². The molecule has 102 valence electrons. The number of rotatable bonds is 2. The number of hydrogen-bond donors (Lipinski definition) is 1. The third-order valence-corrected chi connectivity index (χ3v) is 3.80. The zero-order chi connectivity index (χ0) is 13.9. The van der Waals surface area contributed by atoms with E-state index in [0.717, 1.165) is 30.6 Å². The number of carbonyl (C=O) groups excluding carboxylic acids is 1. The van der Waals surface area contributed by atoms with Gasteiger partial charge in [-0.1, -0.05) is 48.5 Å². The first kappa shape index (κ1) is 12.9. The number of para-hydroxylation sites is 1. The fraction of sp³-hybridized carbons (Fsp3) is 0.235. The Bertz CT molecular complexity index is 609. The Hall–Kier alpha value is -2.13.